The van der Waals surface area contributed by atoms with Gasteiger partial charge in [0.1, 0.15) is 5.82 Å². The molecule has 0 heterocycles. The fraction of sp³-hybridized carbons (Fsp3) is 0.333. The van der Waals surface area contributed by atoms with Crippen LogP contribution < -0.4 is 5.73 Å². The third-order valence-electron chi connectivity index (χ3n) is 1.99. The van der Waals surface area contributed by atoms with Crippen molar-refractivity contribution < 1.29 is 14.4 Å². The molecule has 0 aromatic heterocycles. The number of nitrogens with zero attached hydrogens (tertiary/aromatic N) is 1. The van der Waals surface area contributed by atoms with Crippen molar-refractivity contribution in [2.45, 2.75) is 12.5 Å². The van der Waals surface area contributed by atoms with Gasteiger partial charge in [0.25, 0.3) is 5.69 Å². The molecule has 3 N–H and O–H groups in total. The van der Waals surface area contributed by atoms with Gasteiger partial charge in [0.2, 0.25) is 0 Å². The van der Waals surface area contributed by atoms with Crippen LogP contribution in [0.15, 0.2) is 18.2 Å². The third kappa shape index (κ3) is 2.71. The van der Waals surface area contributed by atoms with Crippen LogP contribution in [0.3, 0.4) is 0 Å². The van der Waals surface area contributed by atoms with E-state index in [1.165, 1.54) is 6.07 Å². The topological polar surface area (TPSA) is 89.4 Å². The smallest absolute Gasteiger partial charge is 0.272 e. The minimum Gasteiger partial charge on any atom is -0.388 e. The lowest BCUT2D eigenvalue weighted by molar-refractivity contribution is -0.385. The van der Waals surface area contributed by atoms with Gasteiger partial charge in [-0.15, -0.1) is 0 Å². The molecular formula is C9H11FN2O3. The summed E-state index contributed by atoms with van der Waals surface area (Å²) in [6.07, 6.45) is -0.801. The van der Waals surface area contributed by atoms with E-state index in [-0.39, 0.29) is 24.2 Å². The number of hydrogen-bond donors (Lipinski definition) is 2. The predicted octanol–water partition coefficient (Wildman–Crippen LogP) is 1.12. The van der Waals surface area contributed by atoms with E-state index < -0.39 is 16.8 Å². The fourth-order valence-electron chi connectivity index (χ4n) is 1.21. The molecule has 0 radical (unpaired) electrons. The molecule has 0 amide bonds. The van der Waals surface area contributed by atoms with Crippen LogP contribution >= 0.6 is 0 Å². The lowest BCUT2D eigenvalue weighted by Gasteiger charge is -2.09. The normalized spacial score (nSPS) is 12.5. The van der Waals surface area contributed by atoms with Gasteiger partial charge < -0.3 is 10.8 Å². The average molecular weight is 214 g/mol. The molecule has 15 heavy (non-hydrogen) atoms. The molecule has 0 bridgehead atoms. The maximum Gasteiger partial charge on any atom is 0.272 e. The van der Waals surface area contributed by atoms with Gasteiger partial charge in [-0.3, -0.25) is 10.1 Å². The van der Waals surface area contributed by atoms with Gasteiger partial charge in [0.05, 0.1) is 17.1 Å². The summed E-state index contributed by atoms with van der Waals surface area (Å²) in [6, 6.07) is 3.14. The van der Waals surface area contributed by atoms with Crippen molar-refractivity contribution in [3.05, 3.63) is 39.7 Å². The number of benzene rings is 1. The summed E-state index contributed by atoms with van der Waals surface area (Å²) in [5.74, 6) is -0.787. The van der Waals surface area contributed by atoms with Crippen LogP contribution in [0.2, 0.25) is 0 Å². The first-order chi connectivity index (χ1) is 7.06. The van der Waals surface area contributed by atoms with Crippen LogP contribution in [0.25, 0.3) is 0 Å². The second-order valence-corrected chi connectivity index (χ2v) is 3.06. The molecule has 0 aliphatic rings. The minimum absolute atomic E-state index is 0.0334. The van der Waals surface area contributed by atoms with Crippen molar-refractivity contribution in [1.82, 2.24) is 0 Å². The minimum atomic E-state index is -1.02. The number of nitrogens with two attached hydrogens (primary N) is 1. The van der Waals surface area contributed by atoms with E-state index in [4.69, 9.17) is 5.73 Å². The summed E-state index contributed by atoms with van der Waals surface area (Å²) in [4.78, 5) is 9.62. The highest BCUT2D eigenvalue weighted by atomic mass is 19.1. The Morgan fingerprint density at radius 1 is 1.60 bits per heavy atom. The molecule has 0 aliphatic carbocycles. The zero-order valence-electron chi connectivity index (χ0n) is 7.89. The largest absolute Gasteiger partial charge is 0.388 e. The molecule has 0 unspecified atom stereocenters. The van der Waals surface area contributed by atoms with E-state index in [0.717, 1.165) is 12.1 Å². The lowest BCUT2D eigenvalue weighted by atomic mass is 10.1. The van der Waals surface area contributed by atoms with Gasteiger partial charge in [-0.05, 0) is 19.0 Å². The summed E-state index contributed by atoms with van der Waals surface area (Å²) < 4.78 is 13.3. The van der Waals surface area contributed by atoms with Crippen molar-refractivity contribution in [1.29, 1.82) is 0 Å². The Morgan fingerprint density at radius 3 is 2.73 bits per heavy atom. The first kappa shape index (κ1) is 11.5. The van der Waals surface area contributed by atoms with Crippen LogP contribution in [-0.4, -0.2) is 16.6 Å². The molecule has 0 saturated heterocycles. The predicted molar refractivity (Wildman–Crippen MR) is 51.7 cm³/mol. The Labute approximate surface area is 85.5 Å². The quantitative estimate of drug-likeness (QED) is 0.580. The molecular weight excluding hydrogens is 203 g/mol. The lowest BCUT2D eigenvalue weighted by Crippen LogP contribution is -2.08. The number of aliphatic hydroxyl groups excluding tert-OH is 1. The average Bonchev–Trinajstić information content (AvgIpc) is 2.17. The van der Waals surface area contributed by atoms with E-state index >= 15 is 0 Å². The van der Waals surface area contributed by atoms with E-state index in [1.54, 1.807) is 0 Å². The molecule has 1 atom stereocenters. The number of halogens is 1. The van der Waals surface area contributed by atoms with Crippen LogP contribution in [0.1, 0.15) is 18.1 Å². The van der Waals surface area contributed by atoms with E-state index in [2.05, 4.69) is 0 Å². The van der Waals surface area contributed by atoms with Gasteiger partial charge in [0, 0.05) is 11.6 Å². The van der Waals surface area contributed by atoms with Crippen LogP contribution in [-0.2, 0) is 0 Å². The number of hydrogen-bond acceptors (Lipinski definition) is 4. The molecule has 0 spiro atoms. The van der Waals surface area contributed by atoms with Gasteiger partial charge in [-0.2, -0.15) is 0 Å². The Kier molecular flexibility index (Phi) is 3.70. The molecule has 1 rings (SSSR count). The van der Waals surface area contributed by atoms with Gasteiger partial charge in [-0.1, -0.05) is 0 Å². The highest BCUT2D eigenvalue weighted by Gasteiger charge is 2.15. The summed E-state index contributed by atoms with van der Waals surface area (Å²) in [5.41, 5.74) is 4.90. The molecule has 1 aromatic rings. The molecule has 0 fully saturated rings. The fourth-order valence-corrected chi connectivity index (χ4v) is 1.21. The Hall–Kier alpha value is -1.53. The molecule has 1 aromatic carbocycles. The van der Waals surface area contributed by atoms with E-state index in [9.17, 15) is 19.6 Å². The summed E-state index contributed by atoms with van der Waals surface area (Å²) in [6.45, 7) is 0.220. The van der Waals surface area contributed by atoms with Crippen molar-refractivity contribution in [3.63, 3.8) is 0 Å². The van der Waals surface area contributed by atoms with E-state index in [0.29, 0.717) is 0 Å². The van der Waals surface area contributed by atoms with Crippen LogP contribution in [0.4, 0.5) is 10.1 Å². The summed E-state index contributed by atoms with van der Waals surface area (Å²) in [5, 5.41) is 19.8. The number of non-ortho nitro benzene ring substituents is 1. The summed E-state index contributed by atoms with van der Waals surface area (Å²) in [7, 11) is 0. The molecule has 82 valence electrons. The van der Waals surface area contributed by atoms with Crippen molar-refractivity contribution in [3.8, 4) is 0 Å². The van der Waals surface area contributed by atoms with Gasteiger partial charge in [0.15, 0.2) is 0 Å². The second-order valence-electron chi connectivity index (χ2n) is 3.06. The van der Waals surface area contributed by atoms with Crippen LogP contribution in [0, 0.1) is 15.9 Å². The molecule has 6 heteroatoms. The first-order valence-corrected chi connectivity index (χ1v) is 4.38. The number of rotatable bonds is 4. The van der Waals surface area contributed by atoms with Crippen molar-refractivity contribution in [2.24, 2.45) is 5.73 Å². The second kappa shape index (κ2) is 4.81. The zero-order valence-corrected chi connectivity index (χ0v) is 7.89. The number of nitro benzene ring substituents is 1. The molecule has 0 saturated carbocycles. The highest BCUT2D eigenvalue weighted by molar-refractivity contribution is 5.35. The third-order valence-corrected chi connectivity index (χ3v) is 1.99. The van der Waals surface area contributed by atoms with Gasteiger partial charge in [-0.25, -0.2) is 4.39 Å². The Balaban J connectivity index is 2.97. The monoisotopic (exact) mass is 214 g/mol. The Morgan fingerprint density at radius 2 is 2.27 bits per heavy atom. The summed E-state index contributed by atoms with van der Waals surface area (Å²) >= 11 is 0. The van der Waals surface area contributed by atoms with E-state index in [1.807, 2.05) is 0 Å². The van der Waals surface area contributed by atoms with Crippen LogP contribution in [0.5, 0.6) is 0 Å². The number of aliphatic hydroxyl groups is 1. The zero-order chi connectivity index (χ0) is 11.4. The highest BCUT2D eigenvalue weighted by Crippen LogP contribution is 2.23. The van der Waals surface area contributed by atoms with Crippen molar-refractivity contribution in [2.75, 3.05) is 6.54 Å². The molecule has 5 nitrogen and oxygen atoms in total. The van der Waals surface area contributed by atoms with Gasteiger partial charge >= 0.3 is 0 Å². The first-order valence-electron chi connectivity index (χ1n) is 4.38. The maximum atomic E-state index is 13.3. The Bertz CT molecular complexity index is 370. The SMILES string of the molecule is NCC[C@H](O)c1ccc([N+](=O)[O-])cc1F. The van der Waals surface area contributed by atoms with Crippen molar-refractivity contribution >= 4 is 5.69 Å². The molecule has 0 aliphatic heterocycles. The number of nitro groups is 1. The maximum absolute atomic E-state index is 13.3. The standard InChI is InChI=1S/C9H11FN2O3/c10-8-5-6(12(14)15)1-2-7(8)9(13)3-4-11/h1-2,5,9,13H,3-4,11H2/t9-/m0/s1.